The fourth-order valence-corrected chi connectivity index (χ4v) is 4.76. The Morgan fingerprint density at radius 1 is 1.00 bits per heavy atom. The Morgan fingerprint density at radius 2 is 1.71 bits per heavy atom. The van der Waals surface area contributed by atoms with Crippen molar-refractivity contribution in [2.45, 2.75) is 4.90 Å². The molecular formula is C21H16FNO4S. The molecule has 4 rings (SSSR count). The van der Waals surface area contributed by atoms with Crippen molar-refractivity contribution >= 4 is 32.3 Å². The standard InChI is InChI=1S/C21H16FNO4S/c1-23-19(20(24)15-8-7-13-5-3-4-6-14(13)11-15)21(27-2)17-10-9-16(22)12-18(17)28(23,25)26/h3-12H,1-2H3. The molecule has 7 heteroatoms. The van der Waals surface area contributed by atoms with Crippen LogP contribution < -0.4 is 0 Å². The van der Waals surface area contributed by atoms with Crippen LogP contribution in [-0.4, -0.2) is 32.7 Å². The van der Waals surface area contributed by atoms with Crippen LogP contribution in [0.25, 0.3) is 16.5 Å². The predicted molar refractivity (Wildman–Crippen MR) is 104 cm³/mol. The van der Waals surface area contributed by atoms with Crippen LogP contribution >= 0.6 is 0 Å². The number of nitrogens with zero attached hydrogens (tertiary/aromatic N) is 1. The molecule has 0 spiro atoms. The summed E-state index contributed by atoms with van der Waals surface area (Å²) in [5.74, 6) is -1.09. The second-order valence-electron chi connectivity index (χ2n) is 6.39. The topological polar surface area (TPSA) is 63.7 Å². The van der Waals surface area contributed by atoms with Gasteiger partial charge in [-0.1, -0.05) is 36.4 Å². The van der Waals surface area contributed by atoms with E-state index in [0.29, 0.717) is 5.56 Å². The van der Waals surface area contributed by atoms with E-state index in [4.69, 9.17) is 4.74 Å². The SMILES string of the molecule is COC1=C(C(=O)c2ccc3ccccc3c2)N(C)S(=O)(=O)c2cc(F)ccc21. The molecule has 0 saturated heterocycles. The third-order valence-corrected chi connectivity index (χ3v) is 6.58. The van der Waals surface area contributed by atoms with Gasteiger partial charge in [0.05, 0.1) is 7.11 Å². The van der Waals surface area contributed by atoms with Gasteiger partial charge in [0.25, 0.3) is 10.0 Å². The second-order valence-corrected chi connectivity index (χ2v) is 8.32. The molecule has 0 aromatic heterocycles. The van der Waals surface area contributed by atoms with Crippen LogP contribution in [0.3, 0.4) is 0 Å². The molecule has 28 heavy (non-hydrogen) atoms. The van der Waals surface area contributed by atoms with Crippen LogP contribution in [-0.2, 0) is 14.8 Å². The number of benzene rings is 3. The van der Waals surface area contributed by atoms with Gasteiger partial charge in [-0.15, -0.1) is 0 Å². The molecule has 0 N–H and O–H groups in total. The maximum atomic E-state index is 13.7. The molecule has 142 valence electrons. The van der Waals surface area contributed by atoms with E-state index in [1.165, 1.54) is 20.2 Å². The first-order chi connectivity index (χ1) is 13.3. The highest BCUT2D eigenvalue weighted by Crippen LogP contribution is 2.38. The molecule has 0 bridgehead atoms. The molecule has 0 atom stereocenters. The lowest BCUT2D eigenvalue weighted by atomic mass is 10.0. The highest BCUT2D eigenvalue weighted by atomic mass is 32.2. The summed E-state index contributed by atoms with van der Waals surface area (Å²) in [5, 5.41) is 1.82. The fraction of sp³-hybridized carbons (Fsp3) is 0.0952. The Kier molecular flexibility index (Phi) is 4.19. The first kappa shape index (κ1) is 18.2. The number of halogens is 1. The molecule has 0 fully saturated rings. The summed E-state index contributed by atoms with van der Waals surface area (Å²) in [6.07, 6.45) is 0. The minimum atomic E-state index is -4.10. The zero-order chi connectivity index (χ0) is 20.1. The monoisotopic (exact) mass is 397 g/mol. The Labute approximate surface area is 161 Å². The van der Waals surface area contributed by atoms with Gasteiger partial charge in [-0.3, -0.25) is 9.10 Å². The van der Waals surface area contributed by atoms with E-state index in [-0.39, 0.29) is 21.9 Å². The lowest BCUT2D eigenvalue weighted by Gasteiger charge is -2.30. The van der Waals surface area contributed by atoms with Gasteiger partial charge in [0, 0.05) is 18.2 Å². The van der Waals surface area contributed by atoms with E-state index in [2.05, 4.69) is 0 Å². The van der Waals surface area contributed by atoms with Crippen LogP contribution in [0.15, 0.2) is 71.3 Å². The summed E-state index contributed by atoms with van der Waals surface area (Å²) in [5.41, 5.74) is 0.374. The number of carbonyl (C=O) groups is 1. The third-order valence-electron chi connectivity index (χ3n) is 4.79. The first-order valence-corrected chi connectivity index (χ1v) is 9.89. The molecule has 0 radical (unpaired) electrons. The minimum absolute atomic E-state index is 0.0884. The lowest BCUT2D eigenvalue weighted by molar-refractivity contribution is 0.101. The molecule has 0 aliphatic carbocycles. The zero-order valence-corrected chi connectivity index (χ0v) is 16.0. The Hall–Kier alpha value is -3.19. The number of methoxy groups -OCH3 is 1. The van der Waals surface area contributed by atoms with Gasteiger partial charge in [0.2, 0.25) is 5.78 Å². The summed E-state index contributed by atoms with van der Waals surface area (Å²) >= 11 is 0. The summed E-state index contributed by atoms with van der Waals surface area (Å²) in [6, 6.07) is 16.1. The van der Waals surface area contributed by atoms with E-state index in [0.717, 1.165) is 27.2 Å². The largest absolute Gasteiger partial charge is 0.494 e. The number of Topliss-reactive ketones (excluding diaryl/α,β-unsaturated/α-hetero) is 1. The first-order valence-electron chi connectivity index (χ1n) is 8.45. The van der Waals surface area contributed by atoms with E-state index >= 15 is 0 Å². The Balaban J connectivity index is 1.95. The van der Waals surface area contributed by atoms with Crippen molar-refractivity contribution in [2.24, 2.45) is 0 Å². The number of ether oxygens (including phenoxy) is 1. The quantitative estimate of drug-likeness (QED) is 0.631. The molecule has 0 saturated carbocycles. The van der Waals surface area contributed by atoms with Crippen molar-refractivity contribution in [1.29, 1.82) is 0 Å². The van der Waals surface area contributed by atoms with E-state index in [1.54, 1.807) is 18.2 Å². The predicted octanol–water partition coefficient (Wildman–Crippen LogP) is 3.81. The van der Waals surface area contributed by atoms with Crippen molar-refractivity contribution in [1.82, 2.24) is 4.31 Å². The van der Waals surface area contributed by atoms with Gasteiger partial charge in [-0.2, -0.15) is 0 Å². The van der Waals surface area contributed by atoms with Gasteiger partial charge in [0.1, 0.15) is 16.4 Å². The number of fused-ring (bicyclic) bond motifs is 2. The maximum Gasteiger partial charge on any atom is 0.265 e. The number of ketones is 1. The second kappa shape index (κ2) is 6.45. The molecule has 0 amide bonds. The van der Waals surface area contributed by atoms with Crippen LogP contribution in [0.4, 0.5) is 4.39 Å². The van der Waals surface area contributed by atoms with Crippen molar-refractivity contribution in [3.05, 3.63) is 83.3 Å². The number of likely N-dealkylation sites (N-methyl/N-ethyl adjacent to an activating group) is 1. The average molecular weight is 397 g/mol. The van der Waals surface area contributed by atoms with Gasteiger partial charge in [-0.25, -0.2) is 12.8 Å². The van der Waals surface area contributed by atoms with Gasteiger partial charge < -0.3 is 4.74 Å². The van der Waals surface area contributed by atoms with Gasteiger partial charge >= 0.3 is 0 Å². The van der Waals surface area contributed by atoms with Crippen molar-refractivity contribution in [3.8, 4) is 0 Å². The van der Waals surface area contributed by atoms with Crippen LogP contribution in [0.5, 0.6) is 0 Å². The van der Waals surface area contributed by atoms with E-state index in [1.807, 2.05) is 24.3 Å². The Bertz CT molecular complexity index is 1260. The number of allylic oxidation sites excluding steroid dienone is 1. The molecule has 5 nitrogen and oxygen atoms in total. The summed E-state index contributed by atoms with van der Waals surface area (Å²) < 4.78 is 45.7. The number of hydrogen-bond donors (Lipinski definition) is 0. The number of hydrogen-bond acceptors (Lipinski definition) is 4. The lowest BCUT2D eigenvalue weighted by Crippen LogP contribution is -2.35. The third kappa shape index (κ3) is 2.66. The van der Waals surface area contributed by atoms with Crippen molar-refractivity contribution in [2.75, 3.05) is 14.2 Å². The van der Waals surface area contributed by atoms with Gasteiger partial charge in [-0.05, 0) is 35.0 Å². The number of carbonyl (C=O) groups excluding carboxylic acids is 1. The molecule has 1 heterocycles. The number of rotatable bonds is 3. The summed E-state index contributed by atoms with van der Waals surface area (Å²) in [6.45, 7) is 0. The average Bonchev–Trinajstić information content (AvgIpc) is 2.70. The van der Waals surface area contributed by atoms with Crippen LogP contribution in [0, 0.1) is 5.82 Å². The van der Waals surface area contributed by atoms with Crippen molar-refractivity contribution < 1.29 is 22.3 Å². The summed E-state index contributed by atoms with van der Waals surface area (Å²) in [4.78, 5) is 13.0. The molecule has 3 aromatic rings. The molecule has 1 aliphatic rings. The zero-order valence-electron chi connectivity index (χ0n) is 15.1. The summed E-state index contributed by atoms with van der Waals surface area (Å²) in [7, 11) is -1.49. The maximum absolute atomic E-state index is 13.7. The smallest absolute Gasteiger partial charge is 0.265 e. The van der Waals surface area contributed by atoms with E-state index < -0.39 is 21.6 Å². The molecule has 0 unspecified atom stereocenters. The van der Waals surface area contributed by atoms with Crippen molar-refractivity contribution in [3.63, 3.8) is 0 Å². The molecule has 3 aromatic carbocycles. The molecular weight excluding hydrogens is 381 g/mol. The number of sulfonamides is 1. The minimum Gasteiger partial charge on any atom is -0.494 e. The molecule has 1 aliphatic heterocycles. The fourth-order valence-electron chi connectivity index (χ4n) is 3.36. The van der Waals surface area contributed by atoms with E-state index in [9.17, 15) is 17.6 Å². The van der Waals surface area contributed by atoms with Crippen LogP contribution in [0.1, 0.15) is 15.9 Å². The highest BCUT2D eigenvalue weighted by Gasteiger charge is 2.39. The highest BCUT2D eigenvalue weighted by molar-refractivity contribution is 7.89. The van der Waals surface area contributed by atoms with Gasteiger partial charge in [0.15, 0.2) is 5.76 Å². The Morgan fingerprint density at radius 3 is 2.43 bits per heavy atom. The normalized spacial score (nSPS) is 15.5. The van der Waals surface area contributed by atoms with Crippen LogP contribution in [0.2, 0.25) is 0 Å².